The van der Waals surface area contributed by atoms with Crippen molar-refractivity contribution in [3.05, 3.63) is 35.4 Å². The molecule has 0 spiro atoms. The summed E-state index contributed by atoms with van der Waals surface area (Å²) < 4.78 is 26.1. The van der Waals surface area contributed by atoms with Crippen molar-refractivity contribution in [1.82, 2.24) is 5.32 Å². The van der Waals surface area contributed by atoms with Gasteiger partial charge in [0.05, 0.1) is 0 Å². The first-order valence-corrected chi connectivity index (χ1v) is 6.58. The van der Waals surface area contributed by atoms with E-state index in [0.29, 0.717) is 12.5 Å². The van der Waals surface area contributed by atoms with Gasteiger partial charge in [0.15, 0.2) is 0 Å². The van der Waals surface area contributed by atoms with Gasteiger partial charge in [-0.15, -0.1) is 0 Å². The lowest BCUT2D eigenvalue weighted by Crippen LogP contribution is -2.41. The normalized spacial score (nSPS) is 12.8. The molecule has 1 amide bonds. The minimum atomic E-state index is -1.18. The van der Waals surface area contributed by atoms with Crippen LogP contribution in [0.1, 0.15) is 44.0 Å². The number of carboxylic acid groups (broad SMARTS) is 1. The fraction of sp³-hybridized carbons (Fsp3) is 0.467. The predicted molar refractivity (Wildman–Crippen MR) is 73.9 cm³/mol. The maximum absolute atomic E-state index is 13.1. The summed E-state index contributed by atoms with van der Waals surface area (Å²) in [5.74, 6) is -3.76. The Balaban J connectivity index is 2.79. The van der Waals surface area contributed by atoms with Crippen molar-refractivity contribution in [2.24, 2.45) is 5.41 Å². The molecular formula is C15H19F2NO3. The second-order valence-corrected chi connectivity index (χ2v) is 6.12. The summed E-state index contributed by atoms with van der Waals surface area (Å²) >= 11 is 0. The average molecular weight is 299 g/mol. The van der Waals surface area contributed by atoms with E-state index in [0.717, 1.165) is 12.1 Å². The summed E-state index contributed by atoms with van der Waals surface area (Å²) in [6.45, 7) is 5.86. The molecule has 0 aliphatic heterocycles. The largest absolute Gasteiger partial charge is 0.480 e. The van der Waals surface area contributed by atoms with Crippen molar-refractivity contribution < 1.29 is 23.5 Å². The third-order valence-corrected chi connectivity index (χ3v) is 2.91. The molecule has 1 unspecified atom stereocenters. The van der Waals surface area contributed by atoms with Crippen LogP contribution >= 0.6 is 0 Å². The van der Waals surface area contributed by atoms with Gasteiger partial charge in [-0.2, -0.15) is 0 Å². The molecule has 1 rings (SSSR count). The van der Waals surface area contributed by atoms with Gasteiger partial charge >= 0.3 is 5.97 Å². The van der Waals surface area contributed by atoms with E-state index in [1.54, 1.807) is 0 Å². The standard InChI is InChI=1S/C15H19F2NO3/c1-15(2,3)5-4-12(14(20)21)18-13(19)9-6-10(16)8-11(17)7-9/h6-8,12H,4-5H2,1-3H3,(H,18,19)(H,20,21). The molecule has 21 heavy (non-hydrogen) atoms. The van der Waals surface area contributed by atoms with E-state index in [4.69, 9.17) is 5.11 Å². The maximum atomic E-state index is 13.1. The molecule has 1 aromatic carbocycles. The highest BCUT2D eigenvalue weighted by Crippen LogP contribution is 2.21. The Morgan fingerprint density at radius 3 is 2.14 bits per heavy atom. The van der Waals surface area contributed by atoms with Crippen molar-refractivity contribution in [3.63, 3.8) is 0 Å². The number of amides is 1. The molecular weight excluding hydrogens is 280 g/mol. The molecule has 0 saturated carbocycles. The molecule has 0 radical (unpaired) electrons. The minimum absolute atomic E-state index is 0.0800. The summed E-state index contributed by atoms with van der Waals surface area (Å²) in [6.07, 6.45) is 0.824. The lowest BCUT2D eigenvalue weighted by Gasteiger charge is -2.21. The van der Waals surface area contributed by atoms with Gasteiger partial charge in [-0.1, -0.05) is 20.8 Å². The molecule has 0 aliphatic rings. The van der Waals surface area contributed by atoms with E-state index in [-0.39, 0.29) is 17.4 Å². The number of carbonyl (C=O) groups is 2. The van der Waals surface area contributed by atoms with Gasteiger partial charge in [0.2, 0.25) is 0 Å². The van der Waals surface area contributed by atoms with Crippen LogP contribution in [-0.4, -0.2) is 23.0 Å². The number of carbonyl (C=O) groups excluding carboxylic acids is 1. The van der Waals surface area contributed by atoms with Gasteiger partial charge < -0.3 is 10.4 Å². The van der Waals surface area contributed by atoms with E-state index in [1.165, 1.54) is 0 Å². The van der Waals surface area contributed by atoms with Crippen molar-refractivity contribution >= 4 is 11.9 Å². The number of benzene rings is 1. The predicted octanol–water partition coefficient (Wildman–Crippen LogP) is 2.97. The van der Waals surface area contributed by atoms with Gasteiger partial charge in [-0.25, -0.2) is 13.6 Å². The van der Waals surface area contributed by atoms with E-state index >= 15 is 0 Å². The molecule has 2 N–H and O–H groups in total. The molecule has 0 heterocycles. The van der Waals surface area contributed by atoms with Crippen molar-refractivity contribution in [1.29, 1.82) is 0 Å². The van der Waals surface area contributed by atoms with Gasteiger partial charge in [0, 0.05) is 11.6 Å². The molecule has 4 nitrogen and oxygen atoms in total. The number of hydrogen-bond donors (Lipinski definition) is 2. The monoisotopic (exact) mass is 299 g/mol. The first kappa shape index (κ1) is 17.1. The van der Waals surface area contributed by atoms with Crippen molar-refractivity contribution in [2.45, 2.75) is 39.7 Å². The first-order chi connectivity index (χ1) is 9.58. The fourth-order valence-corrected chi connectivity index (χ4v) is 1.76. The highest BCUT2D eigenvalue weighted by molar-refractivity contribution is 5.96. The Hall–Kier alpha value is -1.98. The number of aliphatic carboxylic acids is 1. The smallest absolute Gasteiger partial charge is 0.326 e. The van der Waals surface area contributed by atoms with E-state index in [1.807, 2.05) is 20.8 Å². The van der Waals surface area contributed by atoms with E-state index in [2.05, 4.69) is 5.32 Å². The first-order valence-electron chi connectivity index (χ1n) is 6.58. The van der Waals surface area contributed by atoms with E-state index < -0.39 is 29.6 Å². The summed E-state index contributed by atoms with van der Waals surface area (Å²) in [7, 11) is 0. The van der Waals surface area contributed by atoms with Gasteiger partial charge in [-0.05, 0) is 30.4 Å². The van der Waals surface area contributed by atoms with Gasteiger partial charge in [-0.3, -0.25) is 4.79 Å². The quantitative estimate of drug-likeness (QED) is 0.878. The molecule has 0 bridgehead atoms. The lowest BCUT2D eigenvalue weighted by atomic mass is 9.88. The Labute approximate surface area is 122 Å². The fourth-order valence-electron chi connectivity index (χ4n) is 1.76. The third kappa shape index (κ3) is 5.89. The third-order valence-electron chi connectivity index (χ3n) is 2.91. The Morgan fingerprint density at radius 2 is 1.71 bits per heavy atom. The molecule has 1 aromatic rings. The Morgan fingerprint density at radius 1 is 1.19 bits per heavy atom. The van der Waals surface area contributed by atoms with Crippen LogP contribution in [0.2, 0.25) is 0 Å². The second kappa shape index (κ2) is 6.65. The van der Waals surface area contributed by atoms with Crippen LogP contribution in [0.3, 0.4) is 0 Å². The summed E-state index contributed by atoms with van der Waals surface area (Å²) in [6, 6.07) is 1.27. The van der Waals surface area contributed by atoms with Crippen LogP contribution in [0.25, 0.3) is 0 Å². The summed E-state index contributed by atoms with van der Waals surface area (Å²) in [4.78, 5) is 23.0. The lowest BCUT2D eigenvalue weighted by molar-refractivity contribution is -0.139. The van der Waals surface area contributed by atoms with E-state index in [9.17, 15) is 18.4 Å². The highest BCUT2D eigenvalue weighted by Gasteiger charge is 2.23. The van der Waals surface area contributed by atoms with Gasteiger partial charge in [0.1, 0.15) is 17.7 Å². The zero-order valence-corrected chi connectivity index (χ0v) is 12.2. The molecule has 0 aliphatic carbocycles. The number of halogens is 2. The highest BCUT2D eigenvalue weighted by atomic mass is 19.1. The maximum Gasteiger partial charge on any atom is 0.326 e. The molecule has 0 aromatic heterocycles. The number of rotatable bonds is 5. The number of nitrogens with one attached hydrogen (secondary N) is 1. The number of hydrogen-bond acceptors (Lipinski definition) is 2. The summed E-state index contributed by atoms with van der Waals surface area (Å²) in [5, 5.41) is 11.4. The molecule has 0 saturated heterocycles. The Kier molecular flexibility index (Phi) is 5.41. The molecule has 6 heteroatoms. The topological polar surface area (TPSA) is 66.4 Å². The van der Waals surface area contributed by atoms with Crippen LogP contribution in [-0.2, 0) is 4.79 Å². The van der Waals surface area contributed by atoms with Crippen molar-refractivity contribution in [2.75, 3.05) is 0 Å². The van der Waals surface area contributed by atoms with Crippen LogP contribution in [0, 0.1) is 17.0 Å². The number of carboxylic acids is 1. The minimum Gasteiger partial charge on any atom is -0.480 e. The zero-order valence-electron chi connectivity index (χ0n) is 12.2. The van der Waals surface area contributed by atoms with Crippen LogP contribution in [0.5, 0.6) is 0 Å². The SMILES string of the molecule is CC(C)(C)CCC(NC(=O)c1cc(F)cc(F)c1)C(=O)O. The van der Waals surface area contributed by atoms with Crippen LogP contribution < -0.4 is 5.32 Å². The van der Waals surface area contributed by atoms with Gasteiger partial charge in [0.25, 0.3) is 5.91 Å². The summed E-state index contributed by atoms with van der Waals surface area (Å²) in [5.41, 5.74) is -0.321. The Bertz CT molecular complexity index is 518. The molecule has 0 fully saturated rings. The zero-order chi connectivity index (χ0) is 16.2. The van der Waals surface area contributed by atoms with Crippen LogP contribution in [0.15, 0.2) is 18.2 Å². The molecule has 1 atom stereocenters. The molecule has 116 valence electrons. The second-order valence-electron chi connectivity index (χ2n) is 6.12. The van der Waals surface area contributed by atoms with Crippen LogP contribution in [0.4, 0.5) is 8.78 Å². The van der Waals surface area contributed by atoms with Crippen molar-refractivity contribution in [3.8, 4) is 0 Å². The average Bonchev–Trinajstić information content (AvgIpc) is 2.31.